The molecule has 1 heterocycles. The number of para-hydroxylation sites is 1. The van der Waals surface area contributed by atoms with E-state index in [1.165, 1.54) is 0 Å². The Morgan fingerprint density at radius 1 is 1.12 bits per heavy atom. The molecule has 1 atom stereocenters. The summed E-state index contributed by atoms with van der Waals surface area (Å²) in [5, 5.41) is 0. The lowest BCUT2D eigenvalue weighted by molar-refractivity contribution is -0.122. The van der Waals surface area contributed by atoms with Crippen LogP contribution in [0.25, 0.3) is 0 Å². The predicted molar refractivity (Wildman–Crippen MR) is 93.3 cm³/mol. The Morgan fingerprint density at radius 3 is 2.62 bits per heavy atom. The van der Waals surface area contributed by atoms with Gasteiger partial charge in [-0.2, -0.15) is 0 Å². The molecule has 0 aromatic heterocycles. The number of esters is 1. The Hall–Kier alpha value is -2.62. The number of benzene rings is 2. The van der Waals surface area contributed by atoms with Crippen molar-refractivity contribution in [3.8, 4) is 0 Å². The molecular formula is C20H21NO3. The number of rotatable bonds is 3. The smallest absolute Gasteiger partial charge is 0.338 e. The van der Waals surface area contributed by atoms with E-state index in [-0.39, 0.29) is 18.6 Å². The van der Waals surface area contributed by atoms with E-state index in [4.69, 9.17) is 4.74 Å². The minimum absolute atomic E-state index is 0.0789. The number of hydrogen-bond donors (Lipinski definition) is 0. The van der Waals surface area contributed by atoms with Gasteiger partial charge in [-0.3, -0.25) is 4.79 Å². The van der Waals surface area contributed by atoms with Crippen molar-refractivity contribution in [2.24, 2.45) is 0 Å². The molecule has 0 aliphatic carbocycles. The molecule has 1 aliphatic heterocycles. The van der Waals surface area contributed by atoms with Crippen molar-refractivity contribution in [3.63, 3.8) is 0 Å². The third-order valence-corrected chi connectivity index (χ3v) is 4.55. The molecule has 0 N–H and O–H groups in total. The molecule has 0 radical (unpaired) electrons. The number of ether oxygens (including phenoxy) is 1. The highest BCUT2D eigenvalue weighted by atomic mass is 16.5. The maximum Gasteiger partial charge on any atom is 0.338 e. The Bertz CT molecular complexity index is 797. The SMILES string of the molecule is Cc1ccc(C(=O)OCC(=O)N2c3ccccc3C[C@@H]2C)cc1C. The van der Waals surface area contributed by atoms with Crippen molar-refractivity contribution < 1.29 is 14.3 Å². The van der Waals surface area contributed by atoms with Crippen molar-refractivity contribution in [2.75, 3.05) is 11.5 Å². The zero-order valence-electron chi connectivity index (χ0n) is 14.2. The Kier molecular flexibility index (Phi) is 4.38. The fourth-order valence-electron chi connectivity index (χ4n) is 3.09. The Balaban J connectivity index is 1.67. The van der Waals surface area contributed by atoms with Crippen LogP contribution >= 0.6 is 0 Å². The molecule has 4 heteroatoms. The standard InChI is InChI=1S/C20H21NO3/c1-13-8-9-17(10-14(13)2)20(23)24-12-19(22)21-15(3)11-16-6-4-5-7-18(16)21/h4-10,15H,11-12H2,1-3H3/t15-/m0/s1. The van der Waals surface area contributed by atoms with Crippen LogP contribution < -0.4 is 4.90 Å². The van der Waals surface area contributed by atoms with E-state index in [9.17, 15) is 9.59 Å². The van der Waals surface area contributed by atoms with Crippen LogP contribution in [0.3, 0.4) is 0 Å². The van der Waals surface area contributed by atoms with Gasteiger partial charge in [-0.15, -0.1) is 0 Å². The number of carbonyl (C=O) groups is 2. The van der Waals surface area contributed by atoms with Crippen LogP contribution in [0.2, 0.25) is 0 Å². The normalized spacial score (nSPS) is 16.0. The minimum Gasteiger partial charge on any atom is -0.452 e. The third-order valence-electron chi connectivity index (χ3n) is 4.55. The topological polar surface area (TPSA) is 46.6 Å². The molecule has 3 rings (SSSR count). The minimum atomic E-state index is -0.466. The predicted octanol–water partition coefficient (Wildman–Crippen LogP) is 3.44. The summed E-state index contributed by atoms with van der Waals surface area (Å²) < 4.78 is 5.23. The van der Waals surface area contributed by atoms with Crippen LogP contribution in [0, 0.1) is 13.8 Å². The van der Waals surface area contributed by atoms with Crippen molar-refractivity contribution in [3.05, 3.63) is 64.7 Å². The molecule has 124 valence electrons. The maximum atomic E-state index is 12.5. The molecule has 2 aromatic rings. The zero-order valence-corrected chi connectivity index (χ0v) is 14.2. The highest BCUT2D eigenvalue weighted by molar-refractivity contribution is 5.99. The lowest BCUT2D eigenvalue weighted by Crippen LogP contribution is -2.38. The van der Waals surface area contributed by atoms with Crippen molar-refractivity contribution in [1.82, 2.24) is 0 Å². The van der Waals surface area contributed by atoms with Gasteiger partial charge in [-0.1, -0.05) is 24.3 Å². The number of hydrogen-bond acceptors (Lipinski definition) is 3. The molecule has 0 bridgehead atoms. The molecule has 0 saturated heterocycles. The molecule has 0 spiro atoms. The van der Waals surface area contributed by atoms with E-state index >= 15 is 0 Å². The highest BCUT2D eigenvalue weighted by Gasteiger charge is 2.31. The average Bonchev–Trinajstić information content (AvgIpc) is 2.90. The first-order chi connectivity index (χ1) is 11.5. The summed E-state index contributed by atoms with van der Waals surface area (Å²) in [6, 6.07) is 13.3. The summed E-state index contributed by atoms with van der Waals surface area (Å²) in [6.07, 6.45) is 0.826. The number of anilines is 1. The van der Waals surface area contributed by atoms with Crippen molar-refractivity contribution >= 4 is 17.6 Å². The summed E-state index contributed by atoms with van der Waals surface area (Å²) in [6.45, 7) is 5.69. The zero-order chi connectivity index (χ0) is 17.3. The van der Waals surface area contributed by atoms with E-state index < -0.39 is 5.97 Å². The summed E-state index contributed by atoms with van der Waals surface area (Å²) >= 11 is 0. The monoisotopic (exact) mass is 323 g/mol. The van der Waals surface area contributed by atoms with Crippen molar-refractivity contribution in [2.45, 2.75) is 33.2 Å². The summed E-state index contributed by atoms with van der Waals surface area (Å²) in [4.78, 5) is 26.4. The molecule has 4 nitrogen and oxygen atoms in total. The molecule has 24 heavy (non-hydrogen) atoms. The Morgan fingerprint density at radius 2 is 1.88 bits per heavy atom. The van der Waals surface area contributed by atoms with Crippen LogP contribution in [0.15, 0.2) is 42.5 Å². The first-order valence-electron chi connectivity index (χ1n) is 8.11. The van der Waals surface area contributed by atoms with Gasteiger partial charge >= 0.3 is 5.97 Å². The molecule has 0 unspecified atom stereocenters. The van der Waals surface area contributed by atoms with E-state index in [1.807, 2.05) is 51.1 Å². The van der Waals surface area contributed by atoms with E-state index in [2.05, 4.69) is 0 Å². The van der Waals surface area contributed by atoms with Gasteiger partial charge in [0, 0.05) is 11.7 Å². The van der Waals surface area contributed by atoms with Gasteiger partial charge in [-0.25, -0.2) is 4.79 Å². The van der Waals surface area contributed by atoms with Gasteiger partial charge < -0.3 is 9.64 Å². The second-order valence-corrected chi connectivity index (χ2v) is 6.32. The first-order valence-corrected chi connectivity index (χ1v) is 8.11. The largest absolute Gasteiger partial charge is 0.452 e. The third kappa shape index (κ3) is 3.04. The van der Waals surface area contributed by atoms with Gasteiger partial charge in [0.25, 0.3) is 5.91 Å². The molecule has 1 amide bonds. The molecule has 0 fully saturated rings. The lowest BCUT2D eigenvalue weighted by atomic mass is 10.1. The number of fused-ring (bicyclic) bond motifs is 1. The second-order valence-electron chi connectivity index (χ2n) is 6.32. The average molecular weight is 323 g/mol. The number of amides is 1. The molecule has 1 aliphatic rings. The van der Waals surface area contributed by atoms with Gasteiger partial charge in [0.15, 0.2) is 6.61 Å². The summed E-state index contributed by atoms with van der Waals surface area (Å²) in [7, 11) is 0. The molecular weight excluding hydrogens is 302 g/mol. The van der Waals surface area contributed by atoms with Gasteiger partial charge in [0.05, 0.1) is 5.56 Å². The quantitative estimate of drug-likeness (QED) is 0.813. The maximum absolute atomic E-state index is 12.5. The summed E-state index contributed by atoms with van der Waals surface area (Å²) in [5.41, 5.74) is 4.68. The van der Waals surface area contributed by atoms with Crippen LogP contribution in [0.1, 0.15) is 34.0 Å². The first kappa shape index (κ1) is 16.2. The molecule has 2 aromatic carbocycles. The number of aryl methyl sites for hydroxylation is 2. The van der Waals surface area contributed by atoms with Crippen LogP contribution in [0.5, 0.6) is 0 Å². The van der Waals surface area contributed by atoms with Gasteiger partial charge in [0.2, 0.25) is 0 Å². The lowest BCUT2D eigenvalue weighted by Gasteiger charge is -2.22. The highest BCUT2D eigenvalue weighted by Crippen LogP contribution is 2.31. The fraction of sp³-hybridized carbons (Fsp3) is 0.300. The van der Waals surface area contributed by atoms with Crippen LogP contribution in [-0.4, -0.2) is 24.5 Å². The van der Waals surface area contributed by atoms with Crippen LogP contribution in [0.4, 0.5) is 5.69 Å². The van der Waals surface area contributed by atoms with Gasteiger partial charge in [-0.05, 0) is 62.1 Å². The van der Waals surface area contributed by atoms with E-state index in [0.717, 1.165) is 28.8 Å². The second kappa shape index (κ2) is 6.48. The fourth-order valence-corrected chi connectivity index (χ4v) is 3.09. The molecule has 0 saturated carbocycles. The number of nitrogens with zero attached hydrogens (tertiary/aromatic N) is 1. The van der Waals surface area contributed by atoms with Crippen LogP contribution in [-0.2, 0) is 16.0 Å². The Labute approximate surface area is 142 Å². The van der Waals surface area contributed by atoms with Gasteiger partial charge in [0.1, 0.15) is 0 Å². The van der Waals surface area contributed by atoms with E-state index in [0.29, 0.717) is 5.56 Å². The number of carbonyl (C=O) groups excluding carboxylic acids is 2. The summed E-state index contributed by atoms with van der Waals surface area (Å²) in [5.74, 6) is -0.656. The van der Waals surface area contributed by atoms with E-state index in [1.54, 1.807) is 17.0 Å². The van der Waals surface area contributed by atoms with Crippen molar-refractivity contribution in [1.29, 1.82) is 0 Å².